The van der Waals surface area contributed by atoms with Gasteiger partial charge in [-0.3, -0.25) is 0 Å². The average molecular weight is 423 g/mol. The third-order valence-electron chi connectivity index (χ3n) is 4.42. The molecule has 0 fully saturated rings. The molecule has 29 heavy (non-hydrogen) atoms. The van der Waals surface area contributed by atoms with Gasteiger partial charge in [0.05, 0.1) is 5.75 Å². The summed E-state index contributed by atoms with van der Waals surface area (Å²) in [5.41, 5.74) is 0.872. The smallest absolute Gasteiger partial charge is 0.410 e. The van der Waals surface area contributed by atoms with Crippen LogP contribution < -0.4 is 0 Å². The Morgan fingerprint density at radius 2 is 1.72 bits per heavy atom. The lowest BCUT2D eigenvalue weighted by atomic mass is 10.2. The Morgan fingerprint density at radius 1 is 1.03 bits per heavy atom. The van der Waals surface area contributed by atoms with Crippen LogP contribution >= 0.6 is 0 Å². The molecular formula is C22H34N2O4S. The monoisotopic (exact) mass is 422 g/mol. The van der Waals surface area contributed by atoms with Gasteiger partial charge in [0.25, 0.3) is 0 Å². The highest BCUT2D eigenvalue weighted by molar-refractivity contribution is 7.89. The van der Waals surface area contributed by atoms with Crippen LogP contribution in [-0.4, -0.2) is 55.6 Å². The lowest BCUT2D eigenvalue weighted by molar-refractivity contribution is 0.102. The Hall–Kier alpha value is -2.12. The third kappa shape index (κ3) is 9.76. The first-order chi connectivity index (χ1) is 13.9. The highest BCUT2D eigenvalue weighted by atomic mass is 32.2. The molecule has 0 aliphatic carbocycles. The van der Waals surface area contributed by atoms with Crippen molar-refractivity contribution in [2.75, 3.05) is 31.9 Å². The van der Waals surface area contributed by atoms with E-state index < -0.39 is 16.1 Å². The minimum Gasteiger partial charge on any atom is -0.445 e. The summed E-state index contributed by atoms with van der Waals surface area (Å²) in [5, 5.41) is 0. The SMILES string of the molecule is C=CCN(CCS(=O)(=O)N(CC=C)CCCCCC)C(=O)OCc1ccccc1. The Balaban J connectivity index is 2.64. The number of hydrogen-bond acceptors (Lipinski definition) is 4. The highest BCUT2D eigenvalue weighted by Gasteiger charge is 2.23. The van der Waals surface area contributed by atoms with E-state index in [0.717, 1.165) is 31.2 Å². The molecule has 0 aliphatic heterocycles. The van der Waals surface area contributed by atoms with E-state index in [1.165, 1.54) is 9.21 Å². The van der Waals surface area contributed by atoms with Crippen LogP contribution in [0.4, 0.5) is 4.79 Å². The summed E-state index contributed by atoms with van der Waals surface area (Å²) in [5.74, 6) is -0.164. The van der Waals surface area contributed by atoms with E-state index in [1.54, 1.807) is 12.2 Å². The number of ether oxygens (including phenoxy) is 1. The molecule has 1 amide bonds. The number of carbonyl (C=O) groups is 1. The van der Waals surface area contributed by atoms with Crippen LogP contribution in [0.25, 0.3) is 0 Å². The number of carbonyl (C=O) groups excluding carboxylic acids is 1. The molecule has 1 aromatic carbocycles. The van der Waals surface area contributed by atoms with Crippen molar-refractivity contribution in [3.63, 3.8) is 0 Å². The van der Waals surface area contributed by atoms with Crippen LogP contribution in [0, 0.1) is 0 Å². The molecule has 0 atom stereocenters. The van der Waals surface area contributed by atoms with Crippen LogP contribution in [0.3, 0.4) is 0 Å². The Kier molecular flexibility index (Phi) is 12.0. The molecule has 0 radical (unpaired) electrons. The van der Waals surface area contributed by atoms with Gasteiger partial charge >= 0.3 is 6.09 Å². The molecule has 7 heteroatoms. The predicted octanol–water partition coefficient (Wildman–Crippen LogP) is 4.21. The molecule has 0 unspecified atom stereocenters. The lowest BCUT2D eigenvalue weighted by Crippen LogP contribution is -2.40. The fourth-order valence-electron chi connectivity index (χ4n) is 2.78. The van der Waals surface area contributed by atoms with Crippen molar-refractivity contribution in [2.24, 2.45) is 0 Å². The molecule has 162 valence electrons. The maximum Gasteiger partial charge on any atom is 0.410 e. The molecule has 0 aromatic heterocycles. The summed E-state index contributed by atoms with van der Waals surface area (Å²) in [6, 6.07) is 9.35. The second kappa shape index (κ2) is 14.0. The fraction of sp³-hybridized carbons (Fsp3) is 0.500. The summed E-state index contributed by atoms with van der Waals surface area (Å²) in [7, 11) is -3.51. The van der Waals surface area contributed by atoms with Crippen LogP contribution in [0.15, 0.2) is 55.6 Å². The summed E-state index contributed by atoms with van der Waals surface area (Å²) < 4.78 is 32.3. The van der Waals surface area contributed by atoms with E-state index in [2.05, 4.69) is 20.1 Å². The number of benzene rings is 1. The van der Waals surface area contributed by atoms with Gasteiger partial charge in [0, 0.05) is 26.2 Å². The van der Waals surface area contributed by atoms with Gasteiger partial charge in [-0.05, 0) is 12.0 Å². The van der Waals surface area contributed by atoms with Crippen molar-refractivity contribution in [3.05, 3.63) is 61.2 Å². The van der Waals surface area contributed by atoms with Crippen molar-refractivity contribution in [2.45, 2.75) is 39.2 Å². The maximum absolute atomic E-state index is 12.8. The quantitative estimate of drug-likeness (QED) is 0.314. The molecule has 1 rings (SSSR count). The van der Waals surface area contributed by atoms with Gasteiger partial charge in [0.2, 0.25) is 10.0 Å². The zero-order chi connectivity index (χ0) is 21.5. The number of sulfonamides is 1. The van der Waals surface area contributed by atoms with Crippen molar-refractivity contribution in [1.29, 1.82) is 0 Å². The molecule has 0 N–H and O–H groups in total. The minimum absolute atomic E-state index is 0.0462. The van der Waals surface area contributed by atoms with Crippen molar-refractivity contribution < 1.29 is 17.9 Å². The number of amides is 1. The first-order valence-corrected chi connectivity index (χ1v) is 11.7. The standard InChI is InChI=1S/C22H34N2O4S/c1-4-7-8-12-17-24(16-6-3)29(26,27)19-18-23(15-5-2)22(25)28-20-21-13-10-9-11-14-21/h5-6,9-11,13-14H,2-4,7-8,12,15-20H2,1H3. The summed E-state index contributed by atoms with van der Waals surface area (Å²) in [4.78, 5) is 13.8. The van der Waals surface area contributed by atoms with E-state index in [4.69, 9.17) is 4.74 Å². The molecule has 0 bridgehead atoms. The number of nitrogens with zero attached hydrogens (tertiary/aromatic N) is 2. The van der Waals surface area contributed by atoms with Gasteiger partial charge < -0.3 is 9.64 Å². The first kappa shape index (κ1) is 24.9. The Bertz CT molecular complexity index is 720. The van der Waals surface area contributed by atoms with E-state index in [0.29, 0.717) is 6.54 Å². The third-order valence-corrected chi connectivity index (χ3v) is 6.24. The Labute approximate surface area is 175 Å². The van der Waals surface area contributed by atoms with Gasteiger partial charge in [-0.2, -0.15) is 4.31 Å². The van der Waals surface area contributed by atoms with E-state index in [-0.39, 0.29) is 32.0 Å². The summed E-state index contributed by atoms with van der Waals surface area (Å²) >= 11 is 0. The van der Waals surface area contributed by atoms with Gasteiger partial charge in [0.15, 0.2) is 0 Å². The van der Waals surface area contributed by atoms with Gasteiger partial charge in [-0.15, -0.1) is 13.2 Å². The van der Waals surface area contributed by atoms with Gasteiger partial charge in [-0.1, -0.05) is 68.7 Å². The van der Waals surface area contributed by atoms with Crippen LogP contribution in [-0.2, 0) is 21.4 Å². The van der Waals surface area contributed by atoms with Crippen molar-refractivity contribution in [3.8, 4) is 0 Å². The molecule has 0 saturated heterocycles. The maximum atomic E-state index is 12.8. The molecule has 0 aliphatic rings. The number of hydrogen-bond donors (Lipinski definition) is 0. The van der Waals surface area contributed by atoms with Gasteiger partial charge in [0.1, 0.15) is 6.61 Å². The molecule has 0 heterocycles. The topological polar surface area (TPSA) is 66.9 Å². The molecule has 0 spiro atoms. The predicted molar refractivity (Wildman–Crippen MR) is 118 cm³/mol. The second-order valence-corrected chi connectivity index (χ2v) is 8.89. The van der Waals surface area contributed by atoms with E-state index in [9.17, 15) is 13.2 Å². The largest absolute Gasteiger partial charge is 0.445 e. The minimum atomic E-state index is -3.51. The molecule has 1 aromatic rings. The molecule has 0 saturated carbocycles. The lowest BCUT2D eigenvalue weighted by Gasteiger charge is -2.24. The zero-order valence-electron chi connectivity index (χ0n) is 17.5. The zero-order valence-corrected chi connectivity index (χ0v) is 18.3. The molecular weight excluding hydrogens is 388 g/mol. The van der Waals surface area contributed by atoms with Crippen LogP contribution in [0.2, 0.25) is 0 Å². The number of rotatable bonds is 15. The van der Waals surface area contributed by atoms with Crippen LogP contribution in [0.1, 0.15) is 38.2 Å². The van der Waals surface area contributed by atoms with Gasteiger partial charge in [-0.25, -0.2) is 13.2 Å². The Morgan fingerprint density at radius 3 is 2.34 bits per heavy atom. The van der Waals surface area contributed by atoms with Crippen molar-refractivity contribution in [1.82, 2.24) is 9.21 Å². The van der Waals surface area contributed by atoms with Crippen molar-refractivity contribution >= 4 is 16.1 Å². The summed E-state index contributed by atoms with van der Waals surface area (Å²) in [6.45, 7) is 10.6. The molecule has 6 nitrogen and oxygen atoms in total. The normalized spacial score (nSPS) is 11.2. The highest BCUT2D eigenvalue weighted by Crippen LogP contribution is 2.09. The number of unbranched alkanes of at least 4 members (excludes halogenated alkanes) is 3. The second-order valence-electron chi connectivity index (χ2n) is 6.80. The fourth-order valence-corrected chi connectivity index (χ4v) is 4.23. The van der Waals surface area contributed by atoms with E-state index >= 15 is 0 Å². The average Bonchev–Trinajstić information content (AvgIpc) is 2.72. The van der Waals surface area contributed by atoms with E-state index in [1.807, 2.05) is 30.3 Å². The first-order valence-electron chi connectivity index (χ1n) is 10.1. The summed E-state index contributed by atoms with van der Waals surface area (Å²) in [6.07, 6.45) is 6.58. The van der Waals surface area contributed by atoms with Crippen LogP contribution in [0.5, 0.6) is 0 Å².